The minimum atomic E-state index is -0.116. The Kier molecular flexibility index (Phi) is 7.09. The van der Waals surface area contributed by atoms with E-state index < -0.39 is 0 Å². The summed E-state index contributed by atoms with van der Waals surface area (Å²) in [6.07, 6.45) is 7.19. The quantitative estimate of drug-likeness (QED) is 0.319. The summed E-state index contributed by atoms with van der Waals surface area (Å²) in [6.45, 7) is 2.58. The largest absolute Gasteiger partial charge is 0.352 e. The van der Waals surface area contributed by atoms with Crippen molar-refractivity contribution >= 4 is 28.9 Å². The number of hydrogen-bond donors (Lipinski definition) is 2. The van der Waals surface area contributed by atoms with Gasteiger partial charge in [-0.15, -0.1) is 0 Å². The summed E-state index contributed by atoms with van der Waals surface area (Å²) in [5.41, 5.74) is 5.11. The Morgan fingerprint density at radius 2 is 1.81 bits per heavy atom. The minimum absolute atomic E-state index is 0.0272. The first-order valence-electron chi connectivity index (χ1n) is 12.2. The van der Waals surface area contributed by atoms with Crippen LogP contribution in [0.1, 0.15) is 42.2 Å². The normalized spacial score (nSPS) is 17.1. The maximum absolute atomic E-state index is 12.9. The molecule has 4 aromatic rings. The Morgan fingerprint density at radius 1 is 1.03 bits per heavy atom. The number of benzene rings is 2. The third-order valence-corrected chi connectivity index (χ3v) is 6.91. The molecule has 1 fully saturated rings. The lowest BCUT2D eigenvalue weighted by Crippen LogP contribution is -2.32. The summed E-state index contributed by atoms with van der Waals surface area (Å²) < 4.78 is 2.11. The highest BCUT2D eigenvalue weighted by Crippen LogP contribution is 2.39. The topological polar surface area (TPSA) is 62.2 Å². The molecular formula is C29H29N5OS. The van der Waals surface area contributed by atoms with Crippen LogP contribution < -0.4 is 10.6 Å². The molecule has 1 saturated heterocycles. The third-order valence-electron chi connectivity index (χ3n) is 6.56. The van der Waals surface area contributed by atoms with Gasteiger partial charge in [0.25, 0.3) is 0 Å². The molecule has 3 heterocycles. The monoisotopic (exact) mass is 495 g/mol. The van der Waals surface area contributed by atoms with Crippen LogP contribution in [0.2, 0.25) is 0 Å². The van der Waals surface area contributed by atoms with Crippen molar-refractivity contribution in [2.24, 2.45) is 0 Å². The molecule has 1 amide bonds. The summed E-state index contributed by atoms with van der Waals surface area (Å²) in [5.74, 6) is -0.0272. The number of rotatable bonds is 8. The van der Waals surface area contributed by atoms with E-state index in [-0.39, 0.29) is 18.0 Å². The molecule has 36 heavy (non-hydrogen) atoms. The van der Waals surface area contributed by atoms with Gasteiger partial charge in [0.15, 0.2) is 5.11 Å². The molecule has 2 aromatic carbocycles. The van der Waals surface area contributed by atoms with Gasteiger partial charge in [-0.1, -0.05) is 49.4 Å². The number of nitrogens with zero attached hydrogens (tertiary/aromatic N) is 3. The van der Waals surface area contributed by atoms with Gasteiger partial charge in [0.1, 0.15) is 0 Å². The number of thiocarbonyl (C=S) groups is 1. The van der Waals surface area contributed by atoms with Gasteiger partial charge < -0.3 is 20.1 Å². The molecule has 1 aliphatic rings. The second kappa shape index (κ2) is 10.7. The fourth-order valence-electron chi connectivity index (χ4n) is 4.74. The number of aryl methyl sites for hydroxylation is 1. The smallest absolute Gasteiger partial charge is 0.226 e. The van der Waals surface area contributed by atoms with Crippen molar-refractivity contribution in [1.82, 2.24) is 19.8 Å². The fourth-order valence-corrected chi connectivity index (χ4v) is 5.08. The number of carbonyl (C=O) groups is 1. The van der Waals surface area contributed by atoms with Gasteiger partial charge in [0, 0.05) is 42.9 Å². The summed E-state index contributed by atoms with van der Waals surface area (Å²) in [4.78, 5) is 19.6. The molecule has 2 aromatic heterocycles. The second-order valence-electron chi connectivity index (χ2n) is 8.82. The third kappa shape index (κ3) is 5.02. The molecule has 2 unspecified atom stereocenters. The average Bonchev–Trinajstić information content (AvgIpc) is 3.53. The number of amides is 1. The molecule has 2 atom stereocenters. The number of nitrogens with one attached hydrogen (secondary N) is 2. The number of para-hydroxylation sites is 2. The first-order chi connectivity index (χ1) is 17.6. The number of hydrogen-bond acceptors (Lipinski definition) is 3. The zero-order valence-electron chi connectivity index (χ0n) is 20.2. The highest BCUT2D eigenvalue weighted by molar-refractivity contribution is 7.80. The molecule has 2 N–H and O–H groups in total. The zero-order valence-corrected chi connectivity index (χ0v) is 21.0. The Hall–Kier alpha value is -3.97. The Labute approximate surface area is 217 Å². The van der Waals surface area contributed by atoms with E-state index in [0.29, 0.717) is 18.1 Å². The predicted octanol–water partition coefficient (Wildman–Crippen LogP) is 5.44. The summed E-state index contributed by atoms with van der Waals surface area (Å²) in [7, 11) is 0. The molecule has 0 spiro atoms. The van der Waals surface area contributed by atoms with Crippen LogP contribution in [-0.2, 0) is 11.2 Å². The number of aromatic nitrogens is 2. The lowest BCUT2D eigenvalue weighted by molar-refractivity contribution is -0.116. The molecule has 0 saturated carbocycles. The van der Waals surface area contributed by atoms with Crippen LogP contribution in [0.15, 0.2) is 97.5 Å². The van der Waals surface area contributed by atoms with Crippen LogP contribution in [0.3, 0.4) is 0 Å². The van der Waals surface area contributed by atoms with E-state index in [0.717, 1.165) is 34.6 Å². The molecule has 0 aliphatic carbocycles. The molecular weight excluding hydrogens is 466 g/mol. The van der Waals surface area contributed by atoms with E-state index in [4.69, 9.17) is 12.2 Å². The number of carbonyl (C=O) groups excluding carboxylic acids is 1. The summed E-state index contributed by atoms with van der Waals surface area (Å²) in [5, 5.41) is 7.17. The van der Waals surface area contributed by atoms with Crippen LogP contribution in [0.5, 0.6) is 0 Å². The predicted molar refractivity (Wildman–Crippen MR) is 147 cm³/mol. The van der Waals surface area contributed by atoms with E-state index in [2.05, 4.69) is 62.6 Å². The Bertz CT molecular complexity index is 1340. The minimum Gasteiger partial charge on any atom is -0.352 e. The Balaban J connectivity index is 1.39. The van der Waals surface area contributed by atoms with Crippen molar-refractivity contribution < 1.29 is 4.79 Å². The van der Waals surface area contributed by atoms with E-state index in [1.54, 1.807) is 6.20 Å². The molecule has 1 aliphatic heterocycles. The number of anilines is 1. The summed E-state index contributed by atoms with van der Waals surface area (Å²) >= 11 is 5.76. The van der Waals surface area contributed by atoms with Gasteiger partial charge in [0.2, 0.25) is 5.91 Å². The van der Waals surface area contributed by atoms with E-state index >= 15 is 0 Å². The maximum Gasteiger partial charge on any atom is 0.226 e. The van der Waals surface area contributed by atoms with E-state index in [9.17, 15) is 4.79 Å². The highest BCUT2D eigenvalue weighted by Gasteiger charge is 2.40. The van der Waals surface area contributed by atoms with Crippen molar-refractivity contribution in [3.63, 3.8) is 0 Å². The van der Waals surface area contributed by atoms with Crippen molar-refractivity contribution in [2.45, 2.75) is 31.8 Å². The van der Waals surface area contributed by atoms with Crippen LogP contribution in [-0.4, -0.2) is 32.0 Å². The molecule has 0 radical (unpaired) electrons. The molecule has 0 bridgehead atoms. The van der Waals surface area contributed by atoms with Crippen LogP contribution in [0, 0.1) is 0 Å². The van der Waals surface area contributed by atoms with Gasteiger partial charge in [-0.3, -0.25) is 9.78 Å². The molecule has 7 heteroatoms. The standard InChI is InChI=1S/C29H29N5OS/c1-2-21-10-6-7-13-24(21)31-26(35)16-19-34-28(27(32-29(34)36)25-14-8-9-17-30-25)22-15-18-33(20-22)23-11-4-3-5-12-23/h3-15,17-18,20,27-28H,2,16,19H2,1H3,(H,31,35)(H,32,36). The Morgan fingerprint density at radius 3 is 2.58 bits per heavy atom. The van der Waals surface area contributed by atoms with Crippen molar-refractivity contribution in [2.75, 3.05) is 11.9 Å². The SMILES string of the molecule is CCc1ccccc1NC(=O)CCN1C(=S)NC(c2ccccn2)C1c1ccn(-c2ccccc2)c1. The van der Waals surface area contributed by atoms with Crippen molar-refractivity contribution in [3.05, 3.63) is 114 Å². The van der Waals surface area contributed by atoms with Crippen LogP contribution >= 0.6 is 12.2 Å². The first-order valence-corrected chi connectivity index (χ1v) is 12.6. The van der Waals surface area contributed by atoms with Crippen molar-refractivity contribution in [1.29, 1.82) is 0 Å². The highest BCUT2D eigenvalue weighted by atomic mass is 32.1. The lowest BCUT2D eigenvalue weighted by Gasteiger charge is -2.27. The van der Waals surface area contributed by atoms with Crippen LogP contribution in [0.4, 0.5) is 5.69 Å². The van der Waals surface area contributed by atoms with Gasteiger partial charge in [-0.25, -0.2) is 0 Å². The zero-order chi connectivity index (χ0) is 24.9. The van der Waals surface area contributed by atoms with Crippen LogP contribution in [0.25, 0.3) is 5.69 Å². The second-order valence-corrected chi connectivity index (χ2v) is 9.20. The van der Waals surface area contributed by atoms with Gasteiger partial charge in [-0.05, 0) is 66.2 Å². The summed E-state index contributed by atoms with van der Waals surface area (Å²) in [6, 6.07) is 26.0. The number of pyridine rings is 1. The van der Waals surface area contributed by atoms with E-state index in [1.165, 1.54) is 0 Å². The molecule has 182 valence electrons. The van der Waals surface area contributed by atoms with Gasteiger partial charge >= 0.3 is 0 Å². The first kappa shape index (κ1) is 23.8. The molecule has 6 nitrogen and oxygen atoms in total. The van der Waals surface area contributed by atoms with Gasteiger partial charge in [-0.2, -0.15) is 0 Å². The van der Waals surface area contributed by atoms with Gasteiger partial charge in [0.05, 0.1) is 17.8 Å². The van der Waals surface area contributed by atoms with Crippen molar-refractivity contribution in [3.8, 4) is 5.69 Å². The maximum atomic E-state index is 12.9. The van der Waals surface area contributed by atoms with E-state index in [1.807, 2.05) is 60.7 Å². The average molecular weight is 496 g/mol. The lowest BCUT2D eigenvalue weighted by atomic mass is 9.99. The fraction of sp³-hybridized carbons (Fsp3) is 0.207. The molecule has 5 rings (SSSR count).